The topological polar surface area (TPSA) is 130 Å². The summed E-state index contributed by atoms with van der Waals surface area (Å²) in [6.07, 6.45) is 2.12. The van der Waals surface area contributed by atoms with Crippen LogP contribution in [0.3, 0.4) is 0 Å². The van der Waals surface area contributed by atoms with Crippen molar-refractivity contribution in [2.75, 3.05) is 25.5 Å². The van der Waals surface area contributed by atoms with Gasteiger partial charge in [-0.25, -0.2) is 0 Å². The number of carbonyl (C=O) groups is 4. The molecule has 2 aliphatic heterocycles. The molecule has 0 radical (unpaired) electrons. The Labute approximate surface area is 177 Å². The second-order valence-corrected chi connectivity index (χ2v) is 7.58. The van der Waals surface area contributed by atoms with Gasteiger partial charge in [0.2, 0.25) is 11.8 Å². The number of piperidine rings is 1. The first-order chi connectivity index (χ1) is 14.3. The normalized spacial score (nSPS) is 16.6. The molecule has 2 aliphatic rings. The van der Waals surface area contributed by atoms with Gasteiger partial charge in [0.1, 0.15) is 6.54 Å². The van der Waals surface area contributed by atoms with Gasteiger partial charge >= 0.3 is 0 Å². The van der Waals surface area contributed by atoms with E-state index in [1.165, 1.54) is 6.07 Å². The molecule has 1 aromatic rings. The first-order valence-electron chi connectivity index (χ1n) is 9.59. The summed E-state index contributed by atoms with van der Waals surface area (Å²) in [6.45, 7) is 0.370. The standard InChI is InChI=1S/C19H21ClN4O6/c20-7-1-2-16(25)21-12-5-8-22(9-6-12)17(26)11-23-18(27)14-4-3-13(24(29)30)10-15(14)19(23)28/h3-4,10,12H,1-2,5-9,11H2,(H,21,25). The van der Waals surface area contributed by atoms with Crippen molar-refractivity contribution < 1.29 is 24.1 Å². The smallest absolute Gasteiger partial charge is 0.270 e. The third kappa shape index (κ3) is 4.59. The van der Waals surface area contributed by atoms with E-state index in [2.05, 4.69) is 5.32 Å². The number of benzene rings is 1. The van der Waals surface area contributed by atoms with Crippen molar-refractivity contribution in [3.63, 3.8) is 0 Å². The van der Waals surface area contributed by atoms with Gasteiger partial charge in [-0.2, -0.15) is 0 Å². The molecule has 0 atom stereocenters. The summed E-state index contributed by atoms with van der Waals surface area (Å²) in [6, 6.07) is 3.41. The zero-order chi connectivity index (χ0) is 21.8. The number of likely N-dealkylation sites (tertiary alicyclic amines) is 1. The van der Waals surface area contributed by atoms with Crippen molar-refractivity contribution in [1.29, 1.82) is 0 Å². The molecule has 3 rings (SSSR count). The minimum atomic E-state index is -0.714. The van der Waals surface area contributed by atoms with Crippen LogP contribution < -0.4 is 5.32 Å². The summed E-state index contributed by atoms with van der Waals surface area (Å²) in [5, 5.41) is 13.8. The fraction of sp³-hybridized carbons (Fsp3) is 0.474. The molecule has 1 aromatic carbocycles. The van der Waals surface area contributed by atoms with E-state index >= 15 is 0 Å². The summed E-state index contributed by atoms with van der Waals surface area (Å²) in [5.41, 5.74) is -0.310. The first-order valence-corrected chi connectivity index (χ1v) is 10.1. The summed E-state index contributed by atoms with van der Waals surface area (Å²) in [5.74, 6) is -1.38. The number of alkyl halides is 1. The highest BCUT2D eigenvalue weighted by Gasteiger charge is 2.38. The maximum Gasteiger partial charge on any atom is 0.270 e. The maximum atomic E-state index is 12.6. The zero-order valence-corrected chi connectivity index (χ0v) is 16.9. The molecule has 10 nitrogen and oxygen atoms in total. The molecule has 1 fully saturated rings. The third-order valence-corrected chi connectivity index (χ3v) is 5.48. The molecule has 0 spiro atoms. The van der Waals surface area contributed by atoms with Gasteiger partial charge in [0.05, 0.1) is 16.1 Å². The van der Waals surface area contributed by atoms with Crippen LogP contribution in [0.4, 0.5) is 5.69 Å². The molecule has 0 bridgehead atoms. The molecular formula is C19H21ClN4O6. The van der Waals surface area contributed by atoms with Crippen LogP contribution in [-0.2, 0) is 9.59 Å². The van der Waals surface area contributed by atoms with Crippen LogP contribution in [0.2, 0.25) is 0 Å². The Hall–Kier alpha value is -3.01. The zero-order valence-electron chi connectivity index (χ0n) is 16.1. The minimum absolute atomic E-state index is 0.0308. The number of non-ortho nitro benzene ring substituents is 1. The van der Waals surface area contributed by atoms with E-state index < -0.39 is 23.3 Å². The highest BCUT2D eigenvalue weighted by Crippen LogP contribution is 2.27. The summed E-state index contributed by atoms with van der Waals surface area (Å²) in [7, 11) is 0. The molecule has 1 N–H and O–H groups in total. The highest BCUT2D eigenvalue weighted by molar-refractivity contribution is 6.22. The van der Waals surface area contributed by atoms with Crippen LogP contribution in [0.25, 0.3) is 0 Å². The SMILES string of the molecule is O=C(CCCCl)NC1CCN(C(=O)CN2C(=O)c3ccc([N+](=O)[O-])cc3C2=O)CC1. The second-order valence-electron chi connectivity index (χ2n) is 7.20. The van der Waals surface area contributed by atoms with Gasteiger partial charge in [-0.3, -0.25) is 34.2 Å². The van der Waals surface area contributed by atoms with Gasteiger partial charge in [-0.05, 0) is 25.3 Å². The quantitative estimate of drug-likeness (QED) is 0.297. The second kappa shape index (κ2) is 9.21. The molecule has 160 valence electrons. The molecule has 11 heteroatoms. The number of carbonyl (C=O) groups excluding carboxylic acids is 4. The average Bonchev–Trinajstić information content (AvgIpc) is 2.97. The van der Waals surface area contributed by atoms with Crippen LogP contribution in [0, 0.1) is 10.1 Å². The number of rotatable bonds is 7. The molecule has 2 heterocycles. The van der Waals surface area contributed by atoms with Crippen LogP contribution >= 0.6 is 11.6 Å². The molecule has 30 heavy (non-hydrogen) atoms. The molecule has 1 saturated heterocycles. The number of hydrogen-bond donors (Lipinski definition) is 1. The van der Waals surface area contributed by atoms with E-state index in [4.69, 9.17) is 11.6 Å². The van der Waals surface area contributed by atoms with Gasteiger partial charge in [0.15, 0.2) is 0 Å². The van der Waals surface area contributed by atoms with E-state index in [0.717, 1.165) is 17.0 Å². The summed E-state index contributed by atoms with van der Waals surface area (Å²) >= 11 is 5.58. The molecule has 0 unspecified atom stereocenters. The van der Waals surface area contributed by atoms with Crippen LogP contribution in [-0.4, -0.2) is 69.9 Å². The van der Waals surface area contributed by atoms with Crippen molar-refractivity contribution in [3.05, 3.63) is 39.4 Å². The fourth-order valence-electron chi connectivity index (χ4n) is 3.57. The Morgan fingerprint density at radius 1 is 1.17 bits per heavy atom. The Morgan fingerprint density at radius 3 is 2.47 bits per heavy atom. The number of nitrogens with one attached hydrogen (secondary N) is 1. The number of nitro benzene ring substituents is 1. The van der Waals surface area contributed by atoms with Crippen molar-refractivity contribution in [2.45, 2.75) is 31.7 Å². The summed E-state index contributed by atoms with van der Waals surface area (Å²) < 4.78 is 0. The van der Waals surface area contributed by atoms with Crippen LogP contribution in [0.1, 0.15) is 46.4 Å². The lowest BCUT2D eigenvalue weighted by Crippen LogP contribution is -2.49. The van der Waals surface area contributed by atoms with E-state index in [0.29, 0.717) is 44.7 Å². The van der Waals surface area contributed by atoms with Crippen molar-refractivity contribution in [1.82, 2.24) is 15.1 Å². The third-order valence-electron chi connectivity index (χ3n) is 5.21. The number of hydrogen-bond acceptors (Lipinski definition) is 6. The van der Waals surface area contributed by atoms with Crippen molar-refractivity contribution >= 4 is 40.9 Å². The Bertz CT molecular complexity index is 897. The molecule has 4 amide bonds. The number of nitrogens with zero attached hydrogens (tertiary/aromatic N) is 3. The van der Waals surface area contributed by atoms with Gasteiger partial charge in [-0.1, -0.05) is 0 Å². The predicted octanol–water partition coefficient (Wildman–Crippen LogP) is 1.32. The fourth-order valence-corrected chi connectivity index (χ4v) is 3.71. The predicted molar refractivity (Wildman–Crippen MR) is 106 cm³/mol. The maximum absolute atomic E-state index is 12.6. The van der Waals surface area contributed by atoms with Crippen molar-refractivity contribution in [3.8, 4) is 0 Å². The molecular weight excluding hydrogens is 416 g/mol. The highest BCUT2D eigenvalue weighted by atomic mass is 35.5. The van der Waals surface area contributed by atoms with E-state index in [9.17, 15) is 29.3 Å². The molecule has 0 saturated carbocycles. The number of halogens is 1. The Morgan fingerprint density at radius 2 is 1.83 bits per heavy atom. The number of amides is 4. The molecule has 0 aliphatic carbocycles. The number of fused-ring (bicyclic) bond motifs is 1. The first kappa shape index (κ1) is 21.7. The molecule has 0 aromatic heterocycles. The minimum Gasteiger partial charge on any atom is -0.353 e. The van der Waals surface area contributed by atoms with E-state index in [1.807, 2.05) is 0 Å². The average molecular weight is 437 g/mol. The largest absolute Gasteiger partial charge is 0.353 e. The monoisotopic (exact) mass is 436 g/mol. The van der Waals surface area contributed by atoms with Crippen LogP contribution in [0.5, 0.6) is 0 Å². The van der Waals surface area contributed by atoms with Gasteiger partial charge < -0.3 is 10.2 Å². The van der Waals surface area contributed by atoms with Crippen LogP contribution in [0.15, 0.2) is 18.2 Å². The van der Waals surface area contributed by atoms with Crippen molar-refractivity contribution in [2.24, 2.45) is 0 Å². The van der Waals surface area contributed by atoms with Gasteiger partial charge in [0, 0.05) is 43.6 Å². The number of imide groups is 1. The Kier molecular flexibility index (Phi) is 6.66. The van der Waals surface area contributed by atoms with Gasteiger partial charge in [-0.15, -0.1) is 11.6 Å². The summed E-state index contributed by atoms with van der Waals surface area (Å²) in [4.78, 5) is 62.0. The lowest BCUT2D eigenvalue weighted by molar-refractivity contribution is -0.384. The lowest BCUT2D eigenvalue weighted by atomic mass is 10.0. The number of nitro groups is 1. The lowest BCUT2D eigenvalue weighted by Gasteiger charge is -2.33. The van der Waals surface area contributed by atoms with E-state index in [-0.39, 0.29) is 34.7 Å². The van der Waals surface area contributed by atoms with E-state index in [1.54, 1.807) is 4.90 Å². The Balaban J connectivity index is 1.55. The van der Waals surface area contributed by atoms with Gasteiger partial charge in [0.25, 0.3) is 17.5 Å².